The number of hydrogen-bond donors (Lipinski definition) is 0. The fourth-order valence-corrected chi connectivity index (χ4v) is 2.97. The third-order valence-corrected chi connectivity index (χ3v) is 4.44. The Morgan fingerprint density at radius 2 is 1.78 bits per heavy atom. The lowest BCUT2D eigenvalue weighted by molar-refractivity contribution is -0.108. The van der Waals surface area contributed by atoms with Crippen molar-refractivity contribution in [3.63, 3.8) is 0 Å². The van der Waals surface area contributed by atoms with Gasteiger partial charge in [0.05, 0.1) is 0 Å². The van der Waals surface area contributed by atoms with Gasteiger partial charge in [0.25, 0.3) is 0 Å². The van der Waals surface area contributed by atoms with E-state index in [9.17, 15) is 4.79 Å². The van der Waals surface area contributed by atoms with Crippen LogP contribution >= 0.6 is 0 Å². The van der Waals surface area contributed by atoms with Crippen LogP contribution in [0.25, 0.3) is 0 Å². The highest BCUT2D eigenvalue weighted by Crippen LogP contribution is 2.35. The number of rotatable bonds is 4. The van der Waals surface area contributed by atoms with Crippen LogP contribution in [0.3, 0.4) is 0 Å². The molecule has 2 rings (SSSR count). The molecule has 1 aliphatic rings. The van der Waals surface area contributed by atoms with Crippen LogP contribution in [0.5, 0.6) is 0 Å². The summed E-state index contributed by atoms with van der Waals surface area (Å²) < 4.78 is 0. The van der Waals surface area contributed by atoms with Crippen molar-refractivity contribution in [2.24, 2.45) is 5.92 Å². The molecular formula is C17H24O. The molecule has 1 aromatic carbocycles. The van der Waals surface area contributed by atoms with Gasteiger partial charge in [-0.05, 0) is 41.7 Å². The molecule has 98 valence electrons. The van der Waals surface area contributed by atoms with Crippen molar-refractivity contribution in [1.29, 1.82) is 0 Å². The molecule has 0 amide bonds. The molecule has 1 unspecified atom stereocenters. The minimum absolute atomic E-state index is 0.350. The first-order valence-electron chi connectivity index (χ1n) is 7.24. The van der Waals surface area contributed by atoms with E-state index in [0.29, 0.717) is 12.3 Å². The van der Waals surface area contributed by atoms with E-state index >= 15 is 0 Å². The molecule has 1 aromatic rings. The van der Waals surface area contributed by atoms with E-state index in [1.807, 2.05) is 0 Å². The van der Waals surface area contributed by atoms with Crippen LogP contribution in [0.2, 0.25) is 0 Å². The molecule has 1 heteroatoms. The van der Waals surface area contributed by atoms with Gasteiger partial charge in [-0.1, -0.05) is 51.0 Å². The predicted octanol–water partition coefficient (Wildman–Crippen LogP) is 4.67. The average Bonchev–Trinajstić information content (AvgIpc) is 2.40. The first-order valence-corrected chi connectivity index (χ1v) is 7.24. The zero-order valence-corrected chi connectivity index (χ0v) is 11.6. The van der Waals surface area contributed by atoms with Crippen LogP contribution in [-0.2, 0) is 4.79 Å². The molecule has 0 spiro atoms. The van der Waals surface area contributed by atoms with E-state index < -0.39 is 0 Å². The fourth-order valence-electron chi connectivity index (χ4n) is 2.97. The van der Waals surface area contributed by atoms with Gasteiger partial charge in [0.15, 0.2) is 0 Å². The van der Waals surface area contributed by atoms with Crippen LogP contribution in [0.4, 0.5) is 0 Å². The quantitative estimate of drug-likeness (QED) is 0.703. The Kier molecular flexibility index (Phi) is 4.57. The first-order chi connectivity index (χ1) is 8.70. The maximum Gasteiger partial charge on any atom is 0.120 e. The summed E-state index contributed by atoms with van der Waals surface area (Å²) in [5.41, 5.74) is 2.78. The summed E-state index contributed by atoms with van der Waals surface area (Å²) in [6, 6.07) is 8.97. The zero-order chi connectivity index (χ0) is 13.0. The van der Waals surface area contributed by atoms with Gasteiger partial charge in [-0.2, -0.15) is 0 Å². The number of carbonyl (C=O) groups is 1. The van der Waals surface area contributed by atoms with Gasteiger partial charge >= 0.3 is 0 Å². The van der Waals surface area contributed by atoms with Gasteiger partial charge in [0, 0.05) is 6.42 Å². The summed E-state index contributed by atoms with van der Waals surface area (Å²) in [4.78, 5) is 10.5. The van der Waals surface area contributed by atoms with Crippen molar-refractivity contribution in [1.82, 2.24) is 0 Å². The highest BCUT2D eigenvalue weighted by atomic mass is 16.1. The lowest BCUT2D eigenvalue weighted by atomic mass is 9.79. The standard InChI is InChI=1S/C17H24O/c1-13-3-5-16(6-4-13)17-9-7-15(8-10-17)14(2)11-12-18/h7-10,12-14,16H,3-6,11H2,1-2H3. The number of benzene rings is 1. The molecule has 1 nitrogen and oxygen atoms in total. The Morgan fingerprint density at radius 3 is 2.33 bits per heavy atom. The summed E-state index contributed by atoms with van der Waals surface area (Å²) in [6.45, 7) is 4.48. The van der Waals surface area contributed by atoms with Crippen LogP contribution in [0.1, 0.15) is 68.9 Å². The van der Waals surface area contributed by atoms with Gasteiger partial charge in [0.1, 0.15) is 6.29 Å². The molecule has 0 N–H and O–H groups in total. The minimum atomic E-state index is 0.350. The number of carbonyl (C=O) groups excluding carboxylic acids is 1. The Balaban J connectivity index is 2.01. The van der Waals surface area contributed by atoms with Crippen LogP contribution in [0, 0.1) is 5.92 Å². The molecule has 0 saturated heterocycles. The second kappa shape index (κ2) is 6.17. The summed E-state index contributed by atoms with van der Waals surface area (Å²) in [5.74, 6) is 2.02. The molecule has 18 heavy (non-hydrogen) atoms. The third kappa shape index (κ3) is 3.22. The second-order valence-corrected chi connectivity index (χ2v) is 5.93. The third-order valence-electron chi connectivity index (χ3n) is 4.44. The molecule has 0 bridgehead atoms. The summed E-state index contributed by atoms with van der Waals surface area (Å²) in [7, 11) is 0. The average molecular weight is 244 g/mol. The normalized spacial score (nSPS) is 25.7. The predicted molar refractivity (Wildman–Crippen MR) is 75.9 cm³/mol. The van der Waals surface area contributed by atoms with E-state index in [-0.39, 0.29) is 0 Å². The van der Waals surface area contributed by atoms with Crippen LogP contribution in [-0.4, -0.2) is 6.29 Å². The Morgan fingerprint density at radius 1 is 1.17 bits per heavy atom. The lowest BCUT2D eigenvalue weighted by Crippen LogP contribution is -2.10. The highest BCUT2D eigenvalue weighted by molar-refractivity contribution is 5.51. The van der Waals surface area contributed by atoms with E-state index in [1.165, 1.54) is 36.8 Å². The molecule has 0 aromatic heterocycles. The molecule has 0 radical (unpaired) electrons. The van der Waals surface area contributed by atoms with Crippen molar-refractivity contribution in [3.8, 4) is 0 Å². The van der Waals surface area contributed by atoms with Crippen molar-refractivity contribution in [3.05, 3.63) is 35.4 Å². The molecule has 1 fully saturated rings. The number of aldehydes is 1. The molecule has 0 heterocycles. The largest absolute Gasteiger partial charge is 0.303 e. The van der Waals surface area contributed by atoms with Crippen molar-refractivity contribution >= 4 is 6.29 Å². The van der Waals surface area contributed by atoms with Crippen LogP contribution < -0.4 is 0 Å². The molecule has 1 saturated carbocycles. The van der Waals surface area contributed by atoms with Gasteiger partial charge in [-0.15, -0.1) is 0 Å². The maximum absolute atomic E-state index is 10.5. The molecule has 1 aliphatic carbocycles. The summed E-state index contributed by atoms with van der Waals surface area (Å²) in [5, 5.41) is 0. The van der Waals surface area contributed by atoms with Crippen LogP contribution in [0.15, 0.2) is 24.3 Å². The van der Waals surface area contributed by atoms with E-state index in [2.05, 4.69) is 38.1 Å². The minimum Gasteiger partial charge on any atom is -0.303 e. The molecule has 1 atom stereocenters. The van der Waals surface area contributed by atoms with Crippen molar-refractivity contribution in [2.45, 2.75) is 57.8 Å². The molecular weight excluding hydrogens is 220 g/mol. The van der Waals surface area contributed by atoms with Crippen molar-refractivity contribution in [2.75, 3.05) is 0 Å². The topological polar surface area (TPSA) is 17.1 Å². The fraction of sp³-hybridized carbons (Fsp3) is 0.588. The first kappa shape index (κ1) is 13.3. The second-order valence-electron chi connectivity index (χ2n) is 5.93. The Labute approximate surface area is 111 Å². The Hall–Kier alpha value is -1.11. The summed E-state index contributed by atoms with van der Waals surface area (Å²) >= 11 is 0. The van der Waals surface area contributed by atoms with Gasteiger partial charge in [0.2, 0.25) is 0 Å². The Bertz CT molecular complexity index is 371. The van der Waals surface area contributed by atoms with Gasteiger partial charge in [-0.3, -0.25) is 0 Å². The molecule has 0 aliphatic heterocycles. The van der Waals surface area contributed by atoms with E-state index in [1.54, 1.807) is 0 Å². The lowest BCUT2D eigenvalue weighted by Gasteiger charge is -2.26. The number of hydrogen-bond acceptors (Lipinski definition) is 1. The van der Waals surface area contributed by atoms with Crippen molar-refractivity contribution < 1.29 is 4.79 Å². The zero-order valence-electron chi connectivity index (χ0n) is 11.6. The summed E-state index contributed by atoms with van der Waals surface area (Å²) in [6.07, 6.45) is 7.05. The van der Waals surface area contributed by atoms with Gasteiger partial charge < -0.3 is 4.79 Å². The SMILES string of the molecule is CC1CCC(c2ccc(C(C)CC=O)cc2)CC1. The highest BCUT2D eigenvalue weighted by Gasteiger charge is 2.19. The van der Waals surface area contributed by atoms with E-state index in [0.717, 1.165) is 18.1 Å². The monoisotopic (exact) mass is 244 g/mol. The smallest absolute Gasteiger partial charge is 0.120 e. The maximum atomic E-state index is 10.5. The van der Waals surface area contributed by atoms with E-state index in [4.69, 9.17) is 0 Å². The van der Waals surface area contributed by atoms with Gasteiger partial charge in [-0.25, -0.2) is 0 Å².